The fourth-order valence-electron chi connectivity index (χ4n) is 4.04. The number of aromatic nitrogens is 2. The number of likely N-dealkylation sites (tertiary alicyclic amines) is 2. The molecule has 2 atom stereocenters. The Morgan fingerprint density at radius 3 is 2.87 bits per heavy atom. The summed E-state index contributed by atoms with van der Waals surface area (Å²) in [5.41, 5.74) is 0.802. The van der Waals surface area contributed by atoms with Gasteiger partial charge in [-0.3, -0.25) is 4.79 Å². The Balaban J connectivity index is 1.19. The molecule has 1 N–H and O–H groups in total. The van der Waals surface area contributed by atoms with E-state index in [0.717, 1.165) is 22.8 Å². The molecule has 3 aliphatic rings. The molecule has 0 aliphatic carbocycles. The average molecular weight is 468 g/mol. The zero-order valence-corrected chi connectivity index (χ0v) is 18.2. The van der Waals surface area contributed by atoms with Crippen LogP contribution in [0.3, 0.4) is 0 Å². The molecular weight excluding hydrogens is 449 g/mol. The number of piperidine rings is 1. The molecule has 1 aromatic carbocycles. The van der Waals surface area contributed by atoms with Gasteiger partial charge in [0.1, 0.15) is 17.4 Å². The monoisotopic (exact) mass is 467 g/mol. The van der Waals surface area contributed by atoms with Crippen molar-refractivity contribution in [2.24, 2.45) is 0 Å². The van der Waals surface area contributed by atoms with Gasteiger partial charge in [0.15, 0.2) is 0 Å². The lowest BCUT2D eigenvalue weighted by atomic mass is 9.98. The number of benzene rings is 1. The Bertz CT molecular complexity index is 996. The molecule has 4 heterocycles. The minimum Gasteiger partial charge on any atom is -0.366 e. The molecule has 11 heteroatoms. The zero-order valence-electron chi connectivity index (χ0n) is 15.9. The van der Waals surface area contributed by atoms with Crippen molar-refractivity contribution in [3.63, 3.8) is 0 Å². The second kappa shape index (κ2) is 7.96. The lowest BCUT2D eigenvalue weighted by Crippen LogP contribution is -2.63. The second-order valence-electron chi connectivity index (χ2n) is 7.72. The summed E-state index contributed by atoms with van der Waals surface area (Å²) >= 11 is 13.5. The molecule has 0 unspecified atom stereocenters. The third-order valence-corrected chi connectivity index (χ3v) is 7.03. The normalized spacial score (nSPS) is 24.3. The van der Waals surface area contributed by atoms with Crippen molar-refractivity contribution in [1.82, 2.24) is 24.5 Å². The molecule has 2 aromatic rings. The smallest absolute Gasteiger partial charge is 0.320 e. The van der Waals surface area contributed by atoms with Gasteiger partial charge in [-0.2, -0.15) is 4.37 Å². The molecule has 1 aromatic heterocycles. The van der Waals surface area contributed by atoms with Gasteiger partial charge in [-0.25, -0.2) is 9.78 Å². The Labute approximate surface area is 187 Å². The highest BCUT2D eigenvalue weighted by molar-refractivity contribution is 7.09. The van der Waals surface area contributed by atoms with Crippen LogP contribution in [0.1, 0.15) is 18.2 Å². The van der Waals surface area contributed by atoms with E-state index in [1.807, 2.05) is 6.07 Å². The van der Waals surface area contributed by atoms with Gasteiger partial charge >= 0.3 is 6.03 Å². The Hall–Kier alpha value is -1.94. The highest BCUT2D eigenvalue weighted by Crippen LogP contribution is 2.34. The number of hydrogen-bond acceptors (Lipinski definition) is 6. The average Bonchev–Trinajstić information content (AvgIpc) is 3.15. The van der Waals surface area contributed by atoms with Crippen LogP contribution in [0, 0.1) is 0 Å². The summed E-state index contributed by atoms with van der Waals surface area (Å²) in [6.45, 7) is 2.37. The van der Waals surface area contributed by atoms with Gasteiger partial charge in [-0.15, -0.1) is 0 Å². The number of nitrogens with zero attached hydrogens (tertiary/aromatic N) is 4. The first-order valence-corrected chi connectivity index (χ1v) is 11.2. The van der Waals surface area contributed by atoms with Crippen molar-refractivity contribution in [1.29, 1.82) is 0 Å². The first-order chi connectivity index (χ1) is 14.5. The third-order valence-electron chi connectivity index (χ3n) is 5.72. The first kappa shape index (κ1) is 20.0. The van der Waals surface area contributed by atoms with E-state index in [4.69, 9.17) is 27.9 Å². The van der Waals surface area contributed by atoms with E-state index < -0.39 is 0 Å². The molecule has 3 aliphatic heterocycles. The zero-order chi connectivity index (χ0) is 20.8. The van der Waals surface area contributed by atoms with Crippen molar-refractivity contribution in [3.8, 4) is 10.6 Å². The summed E-state index contributed by atoms with van der Waals surface area (Å²) in [5, 5.41) is 4.78. The van der Waals surface area contributed by atoms with Crippen LogP contribution in [-0.2, 0) is 9.53 Å². The molecule has 3 saturated heterocycles. The number of nitrogens with one attached hydrogen (secondary N) is 1. The second-order valence-corrected chi connectivity index (χ2v) is 9.32. The summed E-state index contributed by atoms with van der Waals surface area (Å²) in [6.07, 6.45) is 0.723. The maximum atomic E-state index is 12.8. The van der Waals surface area contributed by atoms with Gasteiger partial charge in [0.05, 0.1) is 23.1 Å². The number of rotatable bonds is 2. The topological polar surface area (TPSA) is 87.7 Å². The van der Waals surface area contributed by atoms with Crippen LogP contribution in [0.5, 0.6) is 0 Å². The fourth-order valence-corrected chi connectivity index (χ4v) is 5.38. The van der Waals surface area contributed by atoms with Crippen LogP contribution in [0.4, 0.5) is 4.79 Å². The number of urea groups is 1. The molecule has 30 heavy (non-hydrogen) atoms. The molecule has 158 valence electrons. The number of ether oxygens (including phenoxy) is 1. The Morgan fingerprint density at radius 1 is 1.23 bits per heavy atom. The van der Waals surface area contributed by atoms with E-state index >= 15 is 0 Å². The summed E-state index contributed by atoms with van der Waals surface area (Å²) in [5.74, 6) is 0.720. The van der Waals surface area contributed by atoms with Gasteiger partial charge in [0.25, 0.3) is 0 Å². The largest absolute Gasteiger partial charge is 0.366 e. The molecule has 5 rings (SSSR count). The predicted octanol–water partition coefficient (Wildman–Crippen LogP) is 2.62. The van der Waals surface area contributed by atoms with E-state index in [-0.39, 0.29) is 36.6 Å². The van der Waals surface area contributed by atoms with Crippen molar-refractivity contribution in [2.45, 2.75) is 24.5 Å². The minimum absolute atomic E-state index is 0.00629. The van der Waals surface area contributed by atoms with Gasteiger partial charge in [-0.05, 0) is 36.2 Å². The van der Waals surface area contributed by atoms with E-state index in [0.29, 0.717) is 36.2 Å². The van der Waals surface area contributed by atoms with Crippen molar-refractivity contribution in [3.05, 3.63) is 34.1 Å². The molecule has 3 amide bonds. The van der Waals surface area contributed by atoms with E-state index in [1.165, 1.54) is 11.5 Å². The number of carbonyl (C=O) groups excluding carboxylic acids is 2. The molecule has 0 spiro atoms. The molecular formula is C19H19Cl2N5O3S. The van der Waals surface area contributed by atoms with Crippen LogP contribution in [0.25, 0.3) is 10.6 Å². The Kier molecular flexibility index (Phi) is 5.30. The van der Waals surface area contributed by atoms with E-state index in [1.54, 1.807) is 21.9 Å². The van der Waals surface area contributed by atoms with Gasteiger partial charge in [-0.1, -0.05) is 23.2 Å². The number of hydrogen-bond donors (Lipinski definition) is 1. The summed E-state index contributed by atoms with van der Waals surface area (Å²) in [7, 11) is 0. The maximum absolute atomic E-state index is 12.8. The molecule has 3 fully saturated rings. The Morgan fingerprint density at radius 2 is 2.07 bits per heavy atom. The number of morpholine rings is 1. The van der Waals surface area contributed by atoms with Crippen LogP contribution in [0.2, 0.25) is 10.0 Å². The van der Waals surface area contributed by atoms with Crippen LogP contribution < -0.4 is 5.32 Å². The fraction of sp³-hybridized carbons (Fsp3) is 0.474. The lowest BCUT2D eigenvalue weighted by molar-refractivity contribution is -0.139. The van der Waals surface area contributed by atoms with Crippen molar-refractivity contribution < 1.29 is 14.3 Å². The van der Waals surface area contributed by atoms with E-state index in [2.05, 4.69) is 14.7 Å². The SMILES string of the molecule is O=C1CO[C@H]2CCN(C(=O)N3CC(c4nsc(-c5ccc(Cl)cc5Cl)n4)C3)C[C@H]2N1. The van der Waals surface area contributed by atoms with Crippen LogP contribution in [-0.4, -0.2) is 76.0 Å². The van der Waals surface area contributed by atoms with Crippen molar-refractivity contribution in [2.75, 3.05) is 32.8 Å². The molecule has 8 nitrogen and oxygen atoms in total. The van der Waals surface area contributed by atoms with Gasteiger partial charge in [0, 0.05) is 36.8 Å². The molecule has 0 saturated carbocycles. The first-order valence-electron chi connectivity index (χ1n) is 9.72. The summed E-state index contributed by atoms with van der Waals surface area (Å²) in [6, 6.07) is 5.15. The van der Waals surface area contributed by atoms with Crippen LogP contribution in [0.15, 0.2) is 18.2 Å². The maximum Gasteiger partial charge on any atom is 0.320 e. The highest BCUT2D eigenvalue weighted by atomic mass is 35.5. The number of carbonyl (C=O) groups is 2. The minimum atomic E-state index is -0.132. The number of fused-ring (bicyclic) bond motifs is 1. The summed E-state index contributed by atoms with van der Waals surface area (Å²) in [4.78, 5) is 32.6. The van der Waals surface area contributed by atoms with Crippen molar-refractivity contribution >= 4 is 46.7 Å². The number of halogens is 2. The van der Waals surface area contributed by atoms with Gasteiger partial charge < -0.3 is 19.9 Å². The molecule has 0 radical (unpaired) electrons. The third kappa shape index (κ3) is 3.75. The number of amides is 3. The predicted molar refractivity (Wildman–Crippen MR) is 113 cm³/mol. The standard InChI is InChI=1S/C19H19Cl2N5O3S/c20-11-1-2-12(13(21)5-11)18-23-17(24-30-18)10-6-26(7-10)19(28)25-4-3-15-14(8-25)22-16(27)9-29-15/h1-2,5,10,14-15H,3-4,6-9H2,(H,22,27)/t14-,15+/m1/s1. The quantitative estimate of drug-likeness (QED) is 0.733. The highest BCUT2D eigenvalue weighted by Gasteiger charge is 2.41. The molecule has 0 bridgehead atoms. The van der Waals surface area contributed by atoms with E-state index in [9.17, 15) is 9.59 Å². The summed E-state index contributed by atoms with van der Waals surface area (Å²) < 4.78 is 10.0. The lowest BCUT2D eigenvalue weighted by Gasteiger charge is -2.45. The van der Waals surface area contributed by atoms with Gasteiger partial charge in [0.2, 0.25) is 5.91 Å². The van der Waals surface area contributed by atoms with Crippen LogP contribution >= 0.6 is 34.7 Å².